The molecule has 102 valence electrons. The van der Waals surface area contributed by atoms with Crippen LogP contribution in [0.25, 0.3) is 0 Å². The summed E-state index contributed by atoms with van der Waals surface area (Å²) in [5, 5.41) is 6.91. The number of amides is 1. The van der Waals surface area contributed by atoms with E-state index in [1.54, 1.807) is 12.1 Å². The van der Waals surface area contributed by atoms with Crippen molar-refractivity contribution in [1.29, 1.82) is 0 Å². The number of carbonyl (C=O) groups is 1. The standard InChI is InChI=1S/C15H19ClN2O/c16-12-2-1-3-13(8-12)18-15(19)9-17-14-7-10-4-5-11(14)6-10/h1-3,8,10-11,14,17H,4-7,9H2,(H,18,19). The van der Waals surface area contributed by atoms with Gasteiger partial charge in [-0.3, -0.25) is 4.79 Å². The van der Waals surface area contributed by atoms with E-state index < -0.39 is 0 Å². The summed E-state index contributed by atoms with van der Waals surface area (Å²) in [6, 6.07) is 7.79. The smallest absolute Gasteiger partial charge is 0.238 e. The minimum atomic E-state index is 0.00467. The fourth-order valence-electron chi connectivity index (χ4n) is 3.49. The Morgan fingerprint density at radius 1 is 1.32 bits per heavy atom. The van der Waals surface area contributed by atoms with Crippen LogP contribution in [0.15, 0.2) is 24.3 Å². The lowest BCUT2D eigenvalue weighted by Crippen LogP contribution is -2.39. The SMILES string of the molecule is O=C(CNC1CC2CCC1C2)Nc1cccc(Cl)c1. The molecule has 2 bridgehead atoms. The Labute approximate surface area is 118 Å². The van der Waals surface area contributed by atoms with Gasteiger partial charge in [0, 0.05) is 16.8 Å². The molecular weight excluding hydrogens is 260 g/mol. The molecule has 1 amide bonds. The fraction of sp³-hybridized carbons (Fsp3) is 0.533. The van der Waals surface area contributed by atoms with E-state index in [2.05, 4.69) is 10.6 Å². The number of benzene rings is 1. The molecule has 2 fully saturated rings. The summed E-state index contributed by atoms with van der Waals surface area (Å²) in [7, 11) is 0. The van der Waals surface area contributed by atoms with Gasteiger partial charge >= 0.3 is 0 Å². The highest BCUT2D eigenvalue weighted by Gasteiger charge is 2.39. The molecule has 2 saturated carbocycles. The minimum Gasteiger partial charge on any atom is -0.325 e. The van der Waals surface area contributed by atoms with Crippen molar-refractivity contribution in [3.63, 3.8) is 0 Å². The number of rotatable bonds is 4. The molecule has 1 aromatic carbocycles. The van der Waals surface area contributed by atoms with E-state index in [4.69, 9.17) is 11.6 Å². The van der Waals surface area contributed by atoms with Crippen molar-refractivity contribution in [3.8, 4) is 0 Å². The van der Waals surface area contributed by atoms with E-state index in [-0.39, 0.29) is 5.91 Å². The molecule has 0 aromatic heterocycles. The van der Waals surface area contributed by atoms with Crippen molar-refractivity contribution < 1.29 is 4.79 Å². The Bertz CT molecular complexity index is 477. The molecule has 2 aliphatic rings. The summed E-state index contributed by atoms with van der Waals surface area (Å²) in [5.74, 6) is 1.70. The number of halogens is 1. The Kier molecular flexibility index (Phi) is 3.76. The van der Waals surface area contributed by atoms with Crippen LogP contribution in [0.2, 0.25) is 5.02 Å². The van der Waals surface area contributed by atoms with Crippen molar-refractivity contribution >= 4 is 23.2 Å². The molecule has 3 nitrogen and oxygen atoms in total. The molecule has 2 N–H and O–H groups in total. The second-order valence-corrected chi connectivity index (χ2v) is 6.16. The molecule has 0 saturated heterocycles. The third kappa shape index (κ3) is 3.10. The summed E-state index contributed by atoms with van der Waals surface area (Å²) < 4.78 is 0. The Morgan fingerprint density at radius 3 is 2.89 bits per heavy atom. The van der Waals surface area contributed by atoms with Gasteiger partial charge in [0.25, 0.3) is 0 Å². The van der Waals surface area contributed by atoms with Crippen LogP contribution in [-0.4, -0.2) is 18.5 Å². The highest BCUT2D eigenvalue weighted by Crippen LogP contribution is 2.44. The minimum absolute atomic E-state index is 0.00467. The first kappa shape index (κ1) is 12.9. The number of carbonyl (C=O) groups excluding carboxylic acids is 1. The van der Waals surface area contributed by atoms with E-state index in [1.165, 1.54) is 25.7 Å². The second-order valence-electron chi connectivity index (χ2n) is 5.72. The number of hydrogen-bond donors (Lipinski definition) is 2. The van der Waals surface area contributed by atoms with Gasteiger partial charge in [0.05, 0.1) is 6.54 Å². The lowest BCUT2D eigenvalue weighted by atomic mass is 9.95. The number of hydrogen-bond acceptors (Lipinski definition) is 2. The molecule has 0 radical (unpaired) electrons. The van der Waals surface area contributed by atoms with Crippen LogP contribution in [0.1, 0.15) is 25.7 Å². The van der Waals surface area contributed by atoms with Gasteiger partial charge in [-0.1, -0.05) is 24.1 Å². The topological polar surface area (TPSA) is 41.1 Å². The summed E-state index contributed by atoms with van der Waals surface area (Å²) in [5.41, 5.74) is 0.757. The maximum absolute atomic E-state index is 11.9. The van der Waals surface area contributed by atoms with Crippen molar-refractivity contribution in [2.24, 2.45) is 11.8 Å². The summed E-state index contributed by atoms with van der Waals surface area (Å²) in [6.45, 7) is 0.389. The maximum Gasteiger partial charge on any atom is 0.238 e. The molecule has 3 atom stereocenters. The summed E-state index contributed by atoms with van der Waals surface area (Å²) in [4.78, 5) is 11.9. The average Bonchev–Trinajstić information content (AvgIpc) is 2.98. The Hall–Kier alpha value is -1.06. The summed E-state index contributed by atoms with van der Waals surface area (Å²) in [6.07, 6.45) is 5.32. The maximum atomic E-state index is 11.9. The molecule has 0 aliphatic heterocycles. The quantitative estimate of drug-likeness (QED) is 0.889. The third-order valence-corrected chi connectivity index (χ3v) is 4.61. The molecule has 0 spiro atoms. The molecular formula is C15H19ClN2O. The van der Waals surface area contributed by atoms with Gasteiger partial charge in [-0.2, -0.15) is 0 Å². The van der Waals surface area contributed by atoms with E-state index in [0.717, 1.165) is 17.5 Å². The fourth-order valence-corrected chi connectivity index (χ4v) is 3.68. The predicted octanol–water partition coefficient (Wildman–Crippen LogP) is 3.06. The molecule has 3 rings (SSSR count). The van der Waals surface area contributed by atoms with Gasteiger partial charge in [0.1, 0.15) is 0 Å². The first-order valence-electron chi connectivity index (χ1n) is 6.99. The molecule has 3 unspecified atom stereocenters. The van der Waals surface area contributed by atoms with Crippen LogP contribution in [-0.2, 0) is 4.79 Å². The van der Waals surface area contributed by atoms with Crippen LogP contribution >= 0.6 is 11.6 Å². The van der Waals surface area contributed by atoms with Crippen LogP contribution in [0.5, 0.6) is 0 Å². The largest absolute Gasteiger partial charge is 0.325 e. The molecule has 4 heteroatoms. The van der Waals surface area contributed by atoms with Crippen molar-refractivity contribution in [2.75, 3.05) is 11.9 Å². The predicted molar refractivity (Wildman–Crippen MR) is 77.3 cm³/mol. The average molecular weight is 279 g/mol. The van der Waals surface area contributed by atoms with Crippen LogP contribution in [0, 0.1) is 11.8 Å². The number of nitrogens with one attached hydrogen (secondary N) is 2. The Balaban J connectivity index is 1.47. The third-order valence-electron chi connectivity index (χ3n) is 4.37. The van der Waals surface area contributed by atoms with Gasteiger partial charge in [-0.05, 0) is 49.3 Å². The monoisotopic (exact) mass is 278 g/mol. The second kappa shape index (κ2) is 5.51. The zero-order valence-electron chi connectivity index (χ0n) is 10.9. The summed E-state index contributed by atoms with van der Waals surface area (Å²) >= 11 is 5.88. The Morgan fingerprint density at radius 2 is 2.21 bits per heavy atom. The lowest BCUT2D eigenvalue weighted by Gasteiger charge is -2.22. The van der Waals surface area contributed by atoms with Gasteiger partial charge < -0.3 is 10.6 Å². The highest BCUT2D eigenvalue weighted by molar-refractivity contribution is 6.30. The van der Waals surface area contributed by atoms with Crippen molar-refractivity contribution in [1.82, 2.24) is 5.32 Å². The van der Waals surface area contributed by atoms with Crippen LogP contribution in [0.3, 0.4) is 0 Å². The number of fused-ring (bicyclic) bond motifs is 2. The highest BCUT2D eigenvalue weighted by atomic mass is 35.5. The van der Waals surface area contributed by atoms with E-state index in [0.29, 0.717) is 17.6 Å². The zero-order chi connectivity index (χ0) is 13.2. The van der Waals surface area contributed by atoms with Gasteiger partial charge in [-0.25, -0.2) is 0 Å². The van der Waals surface area contributed by atoms with Crippen LogP contribution < -0.4 is 10.6 Å². The van der Waals surface area contributed by atoms with Gasteiger partial charge in [0.15, 0.2) is 0 Å². The van der Waals surface area contributed by atoms with Gasteiger partial charge in [0.2, 0.25) is 5.91 Å². The molecule has 0 heterocycles. The normalized spacial score (nSPS) is 28.6. The van der Waals surface area contributed by atoms with E-state index >= 15 is 0 Å². The molecule has 1 aromatic rings. The molecule has 19 heavy (non-hydrogen) atoms. The molecule has 2 aliphatic carbocycles. The zero-order valence-corrected chi connectivity index (χ0v) is 11.6. The first-order valence-corrected chi connectivity index (χ1v) is 7.37. The lowest BCUT2D eigenvalue weighted by molar-refractivity contribution is -0.115. The van der Waals surface area contributed by atoms with Gasteiger partial charge in [-0.15, -0.1) is 0 Å². The van der Waals surface area contributed by atoms with Crippen molar-refractivity contribution in [3.05, 3.63) is 29.3 Å². The first-order chi connectivity index (χ1) is 9.20. The van der Waals surface area contributed by atoms with E-state index in [1.807, 2.05) is 12.1 Å². The number of anilines is 1. The van der Waals surface area contributed by atoms with Crippen molar-refractivity contribution in [2.45, 2.75) is 31.7 Å². The van der Waals surface area contributed by atoms with Crippen LogP contribution in [0.4, 0.5) is 5.69 Å². The van der Waals surface area contributed by atoms with E-state index in [9.17, 15) is 4.79 Å².